The molecule has 2 aliphatic heterocycles. The van der Waals surface area contributed by atoms with Gasteiger partial charge in [0.05, 0.1) is 35.3 Å². The number of fused-ring (bicyclic) bond motifs is 6. The first-order chi connectivity index (χ1) is 20.5. The second kappa shape index (κ2) is 10.5. The fourth-order valence-corrected chi connectivity index (χ4v) is 5.50. The SMILES string of the molecule is CN(C)CCn1cnc2cc(Nc3ncc4c(=O)n5n(c4n3)-c3ccc4c(c3)N(CCC/C=C\C5)C(=O)CO4)ccc21. The van der Waals surface area contributed by atoms with Gasteiger partial charge in [0, 0.05) is 31.5 Å². The third kappa shape index (κ3) is 4.59. The van der Waals surface area contributed by atoms with Crippen molar-refractivity contribution in [2.45, 2.75) is 25.9 Å². The summed E-state index contributed by atoms with van der Waals surface area (Å²) < 4.78 is 11.3. The molecule has 5 heterocycles. The minimum absolute atomic E-state index is 0.0176. The van der Waals surface area contributed by atoms with Crippen molar-refractivity contribution < 1.29 is 9.53 Å². The van der Waals surface area contributed by atoms with Gasteiger partial charge in [0.2, 0.25) is 5.95 Å². The maximum absolute atomic E-state index is 13.6. The van der Waals surface area contributed by atoms with E-state index in [-0.39, 0.29) is 18.1 Å². The van der Waals surface area contributed by atoms with Crippen LogP contribution in [-0.2, 0) is 17.9 Å². The predicted octanol–water partition coefficient (Wildman–Crippen LogP) is 3.31. The summed E-state index contributed by atoms with van der Waals surface area (Å²) in [7, 11) is 4.10. The summed E-state index contributed by atoms with van der Waals surface area (Å²) in [4.78, 5) is 44.1. The first-order valence-corrected chi connectivity index (χ1v) is 14.0. The van der Waals surface area contributed by atoms with Crippen molar-refractivity contribution in [1.29, 1.82) is 0 Å². The van der Waals surface area contributed by atoms with Crippen LogP contribution in [0.5, 0.6) is 5.75 Å². The molecule has 12 nitrogen and oxygen atoms in total. The number of aromatic nitrogens is 6. The van der Waals surface area contributed by atoms with Gasteiger partial charge in [0.25, 0.3) is 11.5 Å². The lowest BCUT2D eigenvalue weighted by molar-refractivity contribution is -0.121. The number of nitrogens with one attached hydrogen (secondary N) is 1. The number of hydrogen-bond donors (Lipinski definition) is 1. The van der Waals surface area contributed by atoms with Crippen LogP contribution in [0.3, 0.4) is 0 Å². The number of anilines is 3. The number of hydrogen-bond acceptors (Lipinski definition) is 8. The van der Waals surface area contributed by atoms with E-state index >= 15 is 0 Å². The standard InChI is InChI=1S/C30H31N9O3/c1-35(2)13-14-36-19-32-23-15-20(7-9-24(23)36)33-30-31-17-22-28(34-30)39-21-8-10-26-25(16-21)37(27(40)18-42-26)11-5-3-4-6-12-38(39)29(22)41/h4,6-10,15-17,19H,3,5,11-14,18H2,1-2H3,(H,31,33,34)/b6-4-. The lowest BCUT2D eigenvalue weighted by atomic mass is 10.1. The van der Waals surface area contributed by atoms with Crippen molar-refractivity contribution in [2.75, 3.05) is 44.0 Å². The summed E-state index contributed by atoms with van der Waals surface area (Å²) in [5.74, 6) is 0.922. The number of likely N-dealkylation sites (N-methyl/N-ethyl adjacent to an activating group) is 1. The molecule has 2 aromatic carbocycles. The number of carbonyl (C=O) groups excluding carboxylic acids is 1. The van der Waals surface area contributed by atoms with E-state index in [1.54, 1.807) is 20.5 Å². The number of imidazole rings is 1. The molecular weight excluding hydrogens is 534 g/mol. The average Bonchev–Trinajstić information content (AvgIpc) is 3.51. The van der Waals surface area contributed by atoms with Crippen molar-refractivity contribution in [3.63, 3.8) is 0 Å². The van der Waals surface area contributed by atoms with Crippen molar-refractivity contribution in [3.8, 4) is 11.4 Å². The smallest absolute Gasteiger partial charge is 0.278 e. The summed E-state index contributed by atoms with van der Waals surface area (Å²) in [5.41, 5.74) is 4.38. The third-order valence-corrected chi connectivity index (χ3v) is 7.67. The topological polar surface area (TPSA) is 115 Å². The zero-order valence-corrected chi connectivity index (χ0v) is 23.5. The summed E-state index contributed by atoms with van der Waals surface area (Å²) in [5, 5.41) is 3.69. The molecule has 0 radical (unpaired) electrons. The van der Waals surface area contributed by atoms with Crippen LogP contribution in [0, 0.1) is 0 Å². The molecule has 0 fully saturated rings. The minimum Gasteiger partial charge on any atom is -0.482 e. The molecule has 0 unspecified atom stereocenters. The molecule has 0 spiro atoms. The van der Waals surface area contributed by atoms with Gasteiger partial charge in [-0.2, -0.15) is 4.98 Å². The number of rotatable bonds is 5. The number of nitrogens with zero attached hydrogens (tertiary/aromatic N) is 8. The highest BCUT2D eigenvalue weighted by Gasteiger charge is 2.27. The van der Waals surface area contributed by atoms with E-state index in [1.165, 1.54) is 0 Å². The highest BCUT2D eigenvalue weighted by Crippen LogP contribution is 2.35. The lowest BCUT2D eigenvalue weighted by Crippen LogP contribution is -2.39. The number of ether oxygens (including phenoxy) is 1. The number of carbonyl (C=O) groups is 1. The minimum atomic E-state index is -0.190. The van der Waals surface area contributed by atoms with Gasteiger partial charge in [-0.15, -0.1) is 0 Å². The van der Waals surface area contributed by atoms with E-state index in [1.807, 2.05) is 54.9 Å². The van der Waals surface area contributed by atoms with Crippen LogP contribution < -0.4 is 20.5 Å². The van der Waals surface area contributed by atoms with Crippen LogP contribution in [-0.4, -0.2) is 73.5 Å². The van der Waals surface area contributed by atoms with E-state index in [2.05, 4.69) is 38.8 Å². The molecule has 2 bridgehead atoms. The van der Waals surface area contributed by atoms with Gasteiger partial charge in [-0.25, -0.2) is 19.3 Å². The molecule has 12 heteroatoms. The van der Waals surface area contributed by atoms with Crippen LogP contribution in [0.25, 0.3) is 27.8 Å². The summed E-state index contributed by atoms with van der Waals surface area (Å²) >= 11 is 0. The molecule has 214 valence electrons. The molecule has 0 saturated carbocycles. The first kappa shape index (κ1) is 26.0. The molecule has 0 aliphatic carbocycles. The molecular formula is C30H31N9O3. The molecule has 3 aromatic heterocycles. The Morgan fingerprint density at radius 2 is 1.98 bits per heavy atom. The van der Waals surface area contributed by atoms with Crippen LogP contribution in [0.1, 0.15) is 12.8 Å². The molecule has 42 heavy (non-hydrogen) atoms. The molecule has 2 aliphatic rings. The van der Waals surface area contributed by atoms with Crippen molar-refractivity contribution in [1.82, 2.24) is 33.8 Å². The molecule has 0 atom stereocenters. The van der Waals surface area contributed by atoms with Gasteiger partial charge < -0.3 is 24.4 Å². The first-order valence-electron chi connectivity index (χ1n) is 14.0. The highest BCUT2D eigenvalue weighted by molar-refractivity contribution is 5.98. The Balaban J connectivity index is 1.29. The Hall–Kier alpha value is -4.97. The summed E-state index contributed by atoms with van der Waals surface area (Å²) in [6.45, 7) is 2.75. The van der Waals surface area contributed by atoms with Gasteiger partial charge in [0.1, 0.15) is 11.1 Å². The Labute approximate surface area is 241 Å². The fraction of sp³-hybridized carbons (Fsp3) is 0.300. The van der Waals surface area contributed by atoms with Crippen molar-refractivity contribution in [3.05, 3.63) is 71.4 Å². The largest absolute Gasteiger partial charge is 0.482 e. The van der Waals surface area contributed by atoms with E-state index < -0.39 is 0 Å². The molecule has 5 aromatic rings. The second-order valence-electron chi connectivity index (χ2n) is 10.8. The van der Waals surface area contributed by atoms with E-state index in [9.17, 15) is 9.59 Å². The zero-order chi connectivity index (χ0) is 28.8. The molecule has 0 saturated heterocycles. The Morgan fingerprint density at radius 3 is 2.86 bits per heavy atom. The van der Waals surface area contributed by atoms with Crippen LogP contribution in [0.15, 0.2) is 65.9 Å². The average molecular weight is 566 g/mol. The van der Waals surface area contributed by atoms with E-state index in [0.717, 1.165) is 42.7 Å². The molecule has 1 N–H and O–H groups in total. The normalized spacial score (nSPS) is 15.8. The van der Waals surface area contributed by atoms with Gasteiger partial charge >= 0.3 is 0 Å². The number of allylic oxidation sites excluding steroid dienone is 2. The van der Waals surface area contributed by atoms with Gasteiger partial charge in [0.15, 0.2) is 12.3 Å². The summed E-state index contributed by atoms with van der Waals surface area (Å²) in [6.07, 6.45) is 9.05. The fourth-order valence-electron chi connectivity index (χ4n) is 5.50. The van der Waals surface area contributed by atoms with Crippen molar-refractivity contribution in [2.24, 2.45) is 0 Å². The Kier molecular flexibility index (Phi) is 6.46. The quantitative estimate of drug-likeness (QED) is 0.323. The zero-order valence-electron chi connectivity index (χ0n) is 23.5. The van der Waals surface area contributed by atoms with E-state index in [4.69, 9.17) is 9.72 Å². The van der Waals surface area contributed by atoms with Crippen molar-refractivity contribution >= 4 is 45.3 Å². The van der Waals surface area contributed by atoms with Crippen LogP contribution >= 0.6 is 0 Å². The lowest BCUT2D eigenvalue weighted by Gasteiger charge is -2.30. The summed E-state index contributed by atoms with van der Waals surface area (Å²) in [6, 6.07) is 11.6. The van der Waals surface area contributed by atoms with Gasteiger partial charge in [-0.05, 0) is 63.3 Å². The molecule has 1 amide bonds. The Bertz CT molecular complexity index is 1920. The van der Waals surface area contributed by atoms with E-state index in [0.29, 0.717) is 47.2 Å². The number of amides is 1. The molecule has 7 rings (SSSR count). The highest BCUT2D eigenvalue weighted by atomic mass is 16.5. The maximum atomic E-state index is 13.6. The Morgan fingerprint density at radius 1 is 1.07 bits per heavy atom. The number of benzene rings is 2. The second-order valence-corrected chi connectivity index (χ2v) is 10.8. The third-order valence-electron chi connectivity index (χ3n) is 7.67. The van der Waals surface area contributed by atoms with Crippen LogP contribution in [0.2, 0.25) is 0 Å². The van der Waals surface area contributed by atoms with Gasteiger partial charge in [-0.1, -0.05) is 12.2 Å². The predicted molar refractivity (Wildman–Crippen MR) is 161 cm³/mol. The maximum Gasteiger partial charge on any atom is 0.278 e. The van der Waals surface area contributed by atoms with Gasteiger partial charge in [-0.3, -0.25) is 9.59 Å². The van der Waals surface area contributed by atoms with Crippen LogP contribution in [0.4, 0.5) is 17.3 Å². The monoisotopic (exact) mass is 565 g/mol.